The third-order valence-corrected chi connectivity index (χ3v) is 6.41. The number of morpholine rings is 1. The molecule has 4 rings (SSSR count). The Bertz CT molecular complexity index is 1190. The highest BCUT2D eigenvalue weighted by Crippen LogP contribution is 2.40. The Labute approximate surface area is 200 Å². The predicted molar refractivity (Wildman–Crippen MR) is 128 cm³/mol. The lowest BCUT2D eigenvalue weighted by Crippen LogP contribution is -2.42. The first kappa shape index (κ1) is 23.7. The van der Waals surface area contributed by atoms with Crippen LogP contribution < -0.4 is 25.2 Å². The number of amides is 2. The first-order valence-corrected chi connectivity index (χ1v) is 11.5. The SMILES string of the molecule is COc1ccc(N2CCOCC2)c2sc(NC(=O)C(C)(C)Oc3ccc(C(=O)NO)cc3)nc12. The summed E-state index contributed by atoms with van der Waals surface area (Å²) in [7, 11) is 1.59. The molecule has 3 N–H and O–H groups in total. The highest BCUT2D eigenvalue weighted by molar-refractivity contribution is 7.23. The summed E-state index contributed by atoms with van der Waals surface area (Å²) in [4.78, 5) is 31.4. The fourth-order valence-corrected chi connectivity index (χ4v) is 4.59. The lowest BCUT2D eigenvalue weighted by Gasteiger charge is -2.29. The van der Waals surface area contributed by atoms with Crippen molar-refractivity contribution < 1.29 is 29.0 Å². The highest BCUT2D eigenvalue weighted by atomic mass is 32.1. The van der Waals surface area contributed by atoms with Crippen molar-refractivity contribution in [3.63, 3.8) is 0 Å². The zero-order valence-electron chi connectivity index (χ0n) is 19.1. The van der Waals surface area contributed by atoms with Crippen molar-refractivity contribution in [1.29, 1.82) is 0 Å². The summed E-state index contributed by atoms with van der Waals surface area (Å²) >= 11 is 1.38. The van der Waals surface area contributed by atoms with Gasteiger partial charge < -0.3 is 19.1 Å². The Balaban J connectivity index is 1.54. The number of carbonyl (C=O) groups excluding carboxylic acids is 2. The Hall–Kier alpha value is -3.41. The Morgan fingerprint density at radius 3 is 2.50 bits per heavy atom. The van der Waals surface area contributed by atoms with Crippen molar-refractivity contribution in [2.45, 2.75) is 19.4 Å². The molecule has 1 aliphatic heterocycles. The average molecular weight is 487 g/mol. The number of nitrogens with zero attached hydrogens (tertiary/aromatic N) is 2. The van der Waals surface area contributed by atoms with Gasteiger partial charge in [-0.2, -0.15) is 0 Å². The smallest absolute Gasteiger partial charge is 0.274 e. The normalized spacial score (nSPS) is 14.1. The van der Waals surface area contributed by atoms with E-state index in [0.717, 1.165) is 23.5 Å². The molecular weight excluding hydrogens is 460 g/mol. The van der Waals surface area contributed by atoms with Crippen LogP contribution in [0.25, 0.3) is 10.2 Å². The number of rotatable bonds is 7. The lowest BCUT2D eigenvalue weighted by molar-refractivity contribution is -0.128. The summed E-state index contributed by atoms with van der Waals surface area (Å²) in [5.74, 6) is 0.0170. The second kappa shape index (κ2) is 9.84. The number of hydrogen-bond acceptors (Lipinski definition) is 9. The van der Waals surface area contributed by atoms with E-state index in [0.29, 0.717) is 35.4 Å². The van der Waals surface area contributed by atoms with Gasteiger partial charge in [-0.3, -0.25) is 20.1 Å². The van der Waals surface area contributed by atoms with Crippen molar-refractivity contribution in [2.24, 2.45) is 0 Å². The van der Waals surface area contributed by atoms with E-state index in [2.05, 4.69) is 15.2 Å². The van der Waals surface area contributed by atoms with Crippen LogP contribution in [-0.4, -0.2) is 61.0 Å². The predicted octanol–water partition coefficient (Wildman–Crippen LogP) is 3.06. The Morgan fingerprint density at radius 2 is 1.85 bits per heavy atom. The van der Waals surface area contributed by atoms with Gasteiger partial charge in [0.1, 0.15) is 17.0 Å². The zero-order valence-corrected chi connectivity index (χ0v) is 19.9. The van der Waals surface area contributed by atoms with Crippen molar-refractivity contribution in [3.8, 4) is 11.5 Å². The van der Waals surface area contributed by atoms with E-state index in [1.54, 1.807) is 38.6 Å². The number of methoxy groups -OCH3 is 1. The maximum absolute atomic E-state index is 13.1. The molecule has 0 bridgehead atoms. The molecule has 1 saturated heterocycles. The monoisotopic (exact) mass is 486 g/mol. The topological polar surface area (TPSA) is 122 Å². The minimum absolute atomic E-state index is 0.261. The van der Waals surface area contributed by atoms with Crippen molar-refractivity contribution in [2.75, 3.05) is 43.6 Å². The van der Waals surface area contributed by atoms with Crippen LogP contribution in [0.5, 0.6) is 11.5 Å². The van der Waals surface area contributed by atoms with Crippen LogP contribution in [0.15, 0.2) is 36.4 Å². The molecule has 0 atom stereocenters. The van der Waals surface area contributed by atoms with Crippen LogP contribution in [0.3, 0.4) is 0 Å². The maximum Gasteiger partial charge on any atom is 0.274 e. The lowest BCUT2D eigenvalue weighted by atomic mass is 10.1. The molecule has 1 aromatic heterocycles. The van der Waals surface area contributed by atoms with Gasteiger partial charge in [-0.05, 0) is 50.2 Å². The average Bonchev–Trinajstić information content (AvgIpc) is 3.27. The second-order valence-electron chi connectivity index (χ2n) is 8.11. The van der Waals surface area contributed by atoms with Gasteiger partial charge in [0, 0.05) is 18.7 Å². The highest BCUT2D eigenvalue weighted by Gasteiger charge is 2.31. The van der Waals surface area contributed by atoms with E-state index in [9.17, 15) is 9.59 Å². The van der Waals surface area contributed by atoms with Crippen molar-refractivity contribution >= 4 is 44.2 Å². The Kier molecular flexibility index (Phi) is 6.87. The molecule has 11 heteroatoms. The number of ether oxygens (including phenoxy) is 3. The minimum Gasteiger partial charge on any atom is -0.494 e. The number of fused-ring (bicyclic) bond motifs is 1. The summed E-state index contributed by atoms with van der Waals surface area (Å²) < 4.78 is 17.7. The molecule has 0 aliphatic carbocycles. The van der Waals surface area contributed by atoms with Crippen LogP contribution in [-0.2, 0) is 9.53 Å². The quantitative estimate of drug-likeness (QED) is 0.344. The van der Waals surface area contributed by atoms with Crippen LogP contribution in [0.1, 0.15) is 24.2 Å². The number of anilines is 2. The third kappa shape index (κ3) is 4.91. The van der Waals surface area contributed by atoms with Crippen LogP contribution in [0, 0.1) is 0 Å². The molecule has 34 heavy (non-hydrogen) atoms. The van der Waals surface area contributed by atoms with Gasteiger partial charge in [0.25, 0.3) is 11.8 Å². The third-order valence-electron chi connectivity index (χ3n) is 5.42. The number of nitrogens with one attached hydrogen (secondary N) is 2. The molecule has 2 heterocycles. The maximum atomic E-state index is 13.1. The first-order chi connectivity index (χ1) is 16.3. The Morgan fingerprint density at radius 1 is 1.15 bits per heavy atom. The van der Waals surface area contributed by atoms with Crippen LogP contribution >= 0.6 is 11.3 Å². The standard InChI is InChI=1S/C23H26N4O6S/c1-23(2,33-15-6-4-14(5-7-15)20(28)26-30)21(29)25-22-24-18-17(31-3)9-8-16(19(18)34-22)27-10-12-32-13-11-27/h4-9,30H,10-13H2,1-3H3,(H,26,28)(H,24,25,29). The summed E-state index contributed by atoms with van der Waals surface area (Å²) in [5, 5.41) is 12.0. The number of hydroxylamine groups is 1. The number of carbonyl (C=O) groups is 2. The summed E-state index contributed by atoms with van der Waals surface area (Å²) in [6.07, 6.45) is 0. The van der Waals surface area contributed by atoms with Crippen molar-refractivity contribution in [3.05, 3.63) is 42.0 Å². The fraction of sp³-hybridized carbons (Fsp3) is 0.348. The zero-order chi connectivity index (χ0) is 24.3. The van der Waals surface area contributed by atoms with Gasteiger partial charge >= 0.3 is 0 Å². The molecule has 1 aliphatic rings. The molecule has 10 nitrogen and oxygen atoms in total. The first-order valence-electron chi connectivity index (χ1n) is 10.7. The minimum atomic E-state index is -1.23. The summed E-state index contributed by atoms with van der Waals surface area (Å²) in [5.41, 5.74) is 2.32. The second-order valence-corrected chi connectivity index (χ2v) is 9.11. The summed E-state index contributed by atoms with van der Waals surface area (Å²) in [6.45, 7) is 6.16. The molecule has 2 aromatic carbocycles. The summed E-state index contributed by atoms with van der Waals surface area (Å²) in [6, 6.07) is 9.97. The largest absolute Gasteiger partial charge is 0.494 e. The molecule has 180 valence electrons. The van der Waals surface area contributed by atoms with E-state index in [1.807, 2.05) is 12.1 Å². The number of thiazole rings is 1. The van der Waals surface area contributed by atoms with Gasteiger partial charge in [0.05, 0.1) is 30.7 Å². The molecule has 0 radical (unpaired) electrons. The van der Waals surface area contributed by atoms with E-state index < -0.39 is 11.5 Å². The van der Waals surface area contributed by atoms with Crippen LogP contribution in [0.2, 0.25) is 0 Å². The number of aromatic nitrogens is 1. The molecule has 3 aromatic rings. The van der Waals surface area contributed by atoms with Crippen molar-refractivity contribution in [1.82, 2.24) is 10.5 Å². The van der Waals surface area contributed by atoms with Gasteiger partial charge in [-0.1, -0.05) is 11.3 Å². The van der Waals surface area contributed by atoms with Gasteiger partial charge in [0.2, 0.25) is 0 Å². The number of hydrogen-bond donors (Lipinski definition) is 3. The van der Waals surface area contributed by atoms with E-state index in [-0.39, 0.29) is 11.5 Å². The molecular formula is C23H26N4O6S. The van der Waals surface area contributed by atoms with E-state index >= 15 is 0 Å². The van der Waals surface area contributed by atoms with Crippen LogP contribution in [0.4, 0.5) is 10.8 Å². The molecule has 1 fully saturated rings. The molecule has 0 unspecified atom stereocenters. The molecule has 0 spiro atoms. The van der Waals surface area contributed by atoms with E-state index in [1.165, 1.54) is 23.5 Å². The van der Waals surface area contributed by atoms with Gasteiger partial charge in [-0.15, -0.1) is 0 Å². The van der Waals surface area contributed by atoms with Gasteiger partial charge in [-0.25, -0.2) is 10.5 Å². The fourth-order valence-electron chi connectivity index (χ4n) is 3.57. The molecule has 2 amide bonds. The van der Waals surface area contributed by atoms with Gasteiger partial charge in [0.15, 0.2) is 10.7 Å². The van der Waals surface area contributed by atoms with E-state index in [4.69, 9.17) is 19.4 Å². The molecule has 0 saturated carbocycles. The number of benzene rings is 2.